The van der Waals surface area contributed by atoms with Gasteiger partial charge in [-0.25, -0.2) is 0 Å². The fourth-order valence-electron chi connectivity index (χ4n) is 1.57. The van der Waals surface area contributed by atoms with Gasteiger partial charge in [-0.3, -0.25) is 0 Å². The molecule has 0 aliphatic heterocycles. The molecule has 0 amide bonds. The highest BCUT2D eigenvalue weighted by molar-refractivity contribution is 9.10. The standard InChI is InChI=1S/C15H22BrN/c1-13(2)12-17-11-7-3-4-8-14-9-5-6-10-15(14)16/h3-6,9-10,13,17H,7-8,11-12H2,1-2H3. The summed E-state index contributed by atoms with van der Waals surface area (Å²) in [7, 11) is 0. The Morgan fingerprint density at radius 3 is 2.71 bits per heavy atom. The van der Waals surface area contributed by atoms with Crippen molar-refractivity contribution in [2.24, 2.45) is 5.92 Å². The molecule has 0 bridgehead atoms. The predicted molar refractivity (Wildman–Crippen MR) is 79.3 cm³/mol. The molecule has 0 saturated carbocycles. The van der Waals surface area contributed by atoms with Gasteiger partial charge in [-0.2, -0.15) is 0 Å². The van der Waals surface area contributed by atoms with Gasteiger partial charge in [0.05, 0.1) is 0 Å². The van der Waals surface area contributed by atoms with Crippen LogP contribution in [-0.4, -0.2) is 13.1 Å². The van der Waals surface area contributed by atoms with Crippen molar-refractivity contribution < 1.29 is 0 Å². The molecule has 0 aliphatic rings. The lowest BCUT2D eigenvalue weighted by Gasteiger charge is -2.05. The molecule has 1 nitrogen and oxygen atoms in total. The largest absolute Gasteiger partial charge is 0.316 e. The zero-order valence-electron chi connectivity index (χ0n) is 10.7. The second-order valence-electron chi connectivity index (χ2n) is 4.65. The van der Waals surface area contributed by atoms with E-state index < -0.39 is 0 Å². The number of benzene rings is 1. The van der Waals surface area contributed by atoms with Crippen LogP contribution in [0.3, 0.4) is 0 Å². The van der Waals surface area contributed by atoms with Crippen LogP contribution in [0.1, 0.15) is 25.8 Å². The molecule has 0 heterocycles. The SMILES string of the molecule is CC(C)CNCCC=CCc1ccccc1Br. The summed E-state index contributed by atoms with van der Waals surface area (Å²) in [5, 5.41) is 3.43. The van der Waals surface area contributed by atoms with E-state index >= 15 is 0 Å². The second kappa shape index (κ2) is 8.48. The number of hydrogen-bond donors (Lipinski definition) is 1. The molecule has 1 aromatic rings. The monoisotopic (exact) mass is 295 g/mol. The molecule has 0 fully saturated rings. The fourth-order valence-corrected chi connectivity index (χ4v) is 2.01. The Hall–Kier alpha value is -0.600. The van der Waals surface area contributed by atoms with E-state index in [-0.39, 0.29) is 0 Å². The van der Waals surface area contributed by atoms with E-state index in [9.17, 15) is 0 Å². The molecular formula is C15H22BrN. The highest BCUT2D eigenvalue weighted by Gasteiger charge is 1.94. The normalized spacial score (nSPS) is 11.5. The minimum atomic E-state index is 0.735. The van der Waals surface area contributed by atoms with Gasteiger partial charge in [0, 0.05) is 4.47 Å². The van der Waals surface area contributed by atoms with Crippen molar-refractivity contribution in [1.82, 2.24) is 5.32 Å². The van der Waals surface area contributed by atoms with Crippen molar-refractivity contribution >= 4 is 15.9 Å². The average molecular weight is 296 g/mol. The number of allylic oxidation sites excluding steroid dienone is 1. The first kappa shape index (κ1) is 14.5. The van der Waals surface area contributed by atoms with Crippen LogP contribution >= 0.6 is 15.9 Å². The third-order valence-corrected chi connectivity index (χ3v) is 3.28. The van der Waals surface area contributed by atoms with Gasteiger partial charge >= 0.3 is 0 Å². The van der Waals surface area contributed by atoms with Crippen molar-refractivity contribution in [2.45, 2.75) is 26.7 Å². The predicted octanol–water partition coefficient (Wildman–Crippen LogP) is 4.18. The van der Waals surface area contributed by atoms with E-state index in [4.69, 9.17) is 0 Å². The molecule has 0 atom stereocenters. The van der Waals surface area contributed by atoms with Crippen LogP contribution in [-0.2, 0) is 6.42 Å². The minimum Gasteiger partial charge on any atom is -0.316 e. The van der Waals surface area contributed by atoms with E-state index in [1.807, 2.05) is 6.07 Å². The summed E-state index contributed by atoms with van der Waals surface area (Å²) >= 11 is 3.56. The zero-order chi connectivity index (χ0) is 12.5. The van der Waals surface area contributed by atoms with Crippen LogP contribution in [0.25, 0.3) is 0 Å². The smallest absolute Gasteiger partial charge is 0.0210 e. The van der Waals surface area contributed by atoms with Gasteiger partial charge in [0.2, 0.25) is 0 Å². The summed E-state index contributed by atoms with van der Waals surface area (Å²) in [6.45, 7) is 6.65. The third-order valence-electron chi connectivity index (χ3n) is 2.50. The maximum absolute atomic E-state index is 3.56. The Kier molecular flexibility index (Phi) is 7.22. The molecule has 1 rings (SSSR count). The summed E-state index contributed by atoms with van der Waals surface area (Å²) in [5.41, 5.74) is 1.35. The number of halogens is 1. The van der Waals surface area contributed by atoms with Crippen molar-refractivity contribution in [1.29, 1.82) is 0 Å². The van der Waals surface area contributed by atoms with E-state index in [0.717, 1.165) is 31.8 Å². The molecule has 0 aliphatic carbocycles. The lowest BCUT2D eigenvalue weighted by Crippen LogP contribution is -2.20. The summed E-state index contributed by atoms with van der Waals surface area (Å²) < 4.78 is 1.20. The first-order chi connectivity index (χ1) is 8.20. The van der Waals surface area contributed by atoms with Crippen molar-refractivity contribution in [3.05, 3.63) is 46.5 Å². The molecular weight excluding hydrogens is 274 g/mol. The Balaban J connectivity index is 2.16. The minimum absolute atomic E-state index is 0.735. The summed E-state index contributed by atoms with van der Waals surface area (Å²) in [5.74, 6) is 0.735. The third kappa shape index (κ3) is 6.64. The molecule has 2 heteroatoms. The van der Waals surface area contributed by atoms with Crippen molar-refractivity contribution in [2.75, 3.05) is 13.1 Å². The number of nitrogens with one attached hydrogen (secondary N) is 1. The zero-order valence-corrected chi connectivity index (χ0v) is 12.3. The highest BCUT2D eigenvalue weighted by atomic mass is 79.9. The van der Waals surface area contributed by atoms with Crippen molar-refractivity contribution in [3.63, 3.8) is 0 Å². The molecule has 0 spiro atoms. The maximum Gasteiger partial charge on any atom is 0.0210 e. The fraction of sp³-hybridized carbons (Fsp3) is 0.467. The van der Waals surface area contributed by atoms with Gasteiger partial charge in [-0.1, -0.05) is 60.1 Å². The van der Waals surface area contributed by atoms with Gasteiger partial charge in [-0.15, -0.1) is 0 Å². The Morgan fingerprint density at radius 2 is 2.00 bits per heavy atom. The van der Waals surface area contributed by atoms with Crippen LogP contribution in [0.15, 0.2) is 40.9 Å². The van der Waals surface area contributed by atoms with Crippen LogP contribution in [0, 0.1) is 5.92 Å². The lowest BCUT2D eigenvalue weighted by atomic mass is 10.1. The molecule has 0 radical (unpaired) electrons. The number of rotatable bonds is 7. The molecule has 17 heavy (non-hydrogen) atoms. The van der Waals surface area contributed by atoms with Crippen LogP contribution in [0.5, 0.6) is 0 Å². The van der Waals surface area contributed by atoms with Crippen LogP contribution in [0.4, 0.5) is 0 Å². The van der Waals surface area contributed by atoms with E-state index in [1.54, 1.807) is 0 Å². The van der Waals surface area contributed by atoms with Crippen molar-refractivity contribution in [3.8, 4) is 0 Å². The van der Waals surface area contributed by atoms with E-state index in [2.05, 4.69) is 65.4 Å². The first-order valence-corrected chi connectivity index (χ1v) is 7.08. The first-order valence-electron chi connectivity index (χ1n) is 6.29. The van der Waals surface area contributed by atoms with E-state index in [0.29, 0.717) is 0 Å². The summed E-state index contributed by atoms with van der Waals surface area (Å²) in [4.78, 5) is 0. The van der Waals surface area contributed by atoms with Gasteiger partial charge < -0.3 is 5.32 Å². The molecule has 94 valence electrons. The van der Waals surface area contributed by atoms with Crippen LogP contribution in [0.2, 0.25) is 0 Å². The Morgan fingerprint density at radius 1 is 1.24 bits per heavy atom. The molecule has 0 unspecified atom stereocenters. The average Bonchev–Trinajstić information content (AvgIpc) is 2.30. The summed E-state index contributed by atoms with van der Waals surface area (Å²) in [6.07, 6.45) is 6.62. The second-order valence-corrected chi connectivity index (χ2v) is 5.51. The Labute approximate surface area is 113 Å². The van der Waals surface area contributed by atoms with E-state index in [1.165, 1.54) is 10.0 Å². The summed E-state index contributed by atoms with van der Waals surface area (Å²) in [6, 6.07) is 8.38. The molecule has 0 saturated heterocycles. The molecule has 1 aromatic carbocycles. The lowest BCUT2D eigenvalue weighted by molar-refractivity contribution is 0.556. The van der Waals surface area contributed by atoms with Gasteiger partial charge in [0.25, 0.3) is 0 Å². The maximum atomic E-state index is 3.56. The molecule has 1 N–H and O–H groups in total. The topological polar surface area (TPSA) is 12.0 Å². The van der Waals surface area contributed by atoms with Gasteiger partial charge in [0.15, 0.2) is 0 Å². The quantitative estimate of drug-likeness (QED) is 0.588. The van der Waals surface area contributed by atoms with Crippen LogP contribution < -0.4 is 5.32 Å². The van der Waals surface area contributed by atoms with Gasteiger partial charge in [-0.05, 0) is 43.5 Å². The molecule has 0 aromatic heterocycles. The van der Waals surface area contributed by atoms with Gasteiger partial charge in [0.1, 0.15) is 0 Å². The number of hydrogen-bond acceptors (Lipinski definition) is 1. The Bertz CT molecular complexity index is 345. The highest BCUT2D eigenvalue weighted by Crippen LogP contribution is 2.16.